The van der Waals surface area contributed by atoms with Crippen molar-refractivity contribution in [3.05, 3.63) is 21.6 Å². The predicted molar refractivity (Wildman–Crippen MR) is 80.3 cm³/mol. The largest absolute Gasteiger partial charge is 0.394 e. The lowest BCUT2D eigenvalue weighted by Crippen LogP contribution is -2.30. The van der Waals surface area contributed by atoms with Crippen molar-refractivity contribution in [2.75, 3.05) is 11.9 Å². The fraction of sp³-hybridized carbons (Fsp3) is 0.714. The van der Waals surface area contributed by atoms with E-state index in [2.05, 4.69) is 17.3 Å². The molecule has 1 fully saturated rings. The first-order valence-electron chi connectivity index (χ1n) is 7.26. The average Bonchev–Trinajstić information content (AvgIpc) is 2.48. The van der Waals surface area contributed by atoms with E-state index < -0.39 is 0 Å². The highest BCUT2D eigenvalue weighted by Crippen LogP contribution is 2.28. The molecule has 1 unspecified atom stereocenters. The minimum absolute atomic E-state index is 0.130. The maximum atomic E-state index is 12.0. The number of halogens is 1. The normalized spacial score (nSPS) is 17.9. The van der Waals surface area contributed by atoms with Crippen LogP contribution < -0.4 is 10.9 Å². The molecule has 0 bridgehead atoms. The zero-order valence-electron chi connectivity index (χ0n) is 11.8. The third-order valence-corrected chi connectivity index (χ3v) is 4.40. The molecule has 112 valence electrons. The van der Waals surface area contributed by atoms with Crippen molar-refractivity contribution in [3.63, 3.8) is 0 Å². The SMILES string of the molecule is CC(Nc1cnn(CCO)c(=O)c1Cl)C1CCCCC1. The van der Waals surface area contributed by atoms with Crippen molar-refractivity contribution in [2.24, 2.45) is 5.92 Å². The van der Waals surface area contributed by atoms with E-state index in [1.807, 2.05) is 0 Å². The van der Waals surface area contributed by atoms with Crippen molar-refractivity contribution in [1.82, 2.24) is 9.78 Å². The number of nitrogens with zero attached hydrogens (tertiary/aromatic N) is 2. The fourth-order valence-corrected chi connectivity index (χ4v) is 3.02. The summed E-state index contributed by atoms with van der Waals surface area (Å²) in [5.74, 6) is 0.625. The second kappa shape index (κ2) is 7.09. The van der Waals surface area contributed by atoms with Crippen LogP contribution in [0.25, 0.3) is 0 Å². The van der Waals surface area contributed by atoms with Gasteiger partial charge in [0.05, 0.1) is 25.0 Å². The summed E-state index contributed by atoms with van der Waals surface area (Å²) < 4.78 is 1.18. The highest BCUT2D eigenvalue weighted by atomic mass is 35.5. The fourth-order valence-electron chi connectivity index (χ4n) is 2.82. The topological polar surface area (TPSA) is 67.2 Å². The van der Waals surface area contributed by atoms with Gasteiger partial charge in [0.25, 0.3) is 5.56 Å². The molecule has 1 atom stereocenters. The van der Waals surface area contributed by atoms with E-state index in [1.54, 1.807) is 6.20 Å². The Hall–Kier alpha value is -1.07. The molecule has 5 nitrogen and oxygen atoms in total. The van der Waals surface area contributed by atoms with Crippen LogP contribution in [0.2, 0.25) is 5.02 Å². The molecule has 0 saturated heterocycles. The molecule has 0 radical (unpaired) electrons. The number of nitrogens with one attached hydrogen (secondary N) is 1. The molecule has 0 aliphatic heterocycles. The van der Waals surface area contributed by atoms with E-state index >= 15 is 0 Å². The maximum absolute atomic E-state index is 12.0. The molecule has 2 rings (SSSR count). The van der Waals surface area contributed by atoms with Crippen molar-refractivity contribution in [2.45, 2.75) is 51.6 Å². The van der Waals surface area contributed by atoms with E-state index in [-0.39, 0.29) is 29.8 Å². The van der Waals surface area contributed by atoms with Gasteiger partial charge in [-0.2, -0.15) is 5.10 Å². The molecule has 1 saturated carbocycles. The van der Waals surface area contributed by atoms with Crippen LogP contribution in [-0.4, -0.2) is 27.5 Å². The summed E-state index contributed by atoms with van der Waals surface area (Å²) in [4.78, 5) is 12.0. The predicted octanol–water partition coefficient (Wildman–Crippen LogP) is 2.27. The van der Waals surface area contributed by atoms with Gasteiger partial charge in [-0.15, -0.1) is 0 Å². The molecule has 1 aliphatic carbocycles. The second-order valence-electron chi connectivity index (χ2n) is 5.46. The molecule has 0 spiro atoms. The Morgan fingerprint density at radius 2 is 2.20 bits per heavy atom. The summed E-state index contributed by atoms with van der Waals surface area (Å²) in [5, 5.41) is 16.4. The zero-order chi connectivity index (χ0) is 14.5. The zero-order valence-corrected chi connectivity index (χ0v) is 12.6. The van der Waals surface area contributed by atoms with Gasteiger partial charge in [0, 0.05) is 6.04 Å². The lowest BCUT2D eigenvalue weighted by molar-refractivity contribution is 0.266. The van der Waals surface area contributed by atoms with Crippen LogP contribution in [0.5, 0.6) is 0 Å². The Bertz CT molecular complexity index is 498. The van der Waals surface area contributed by atoms with Crippen LogP contribution in [-0.2, 0) is 6.54 Å². The summed E-state index contributed by atoms with van der Waals surface area (Å²) in [6.07, 6.45) is 7.89. The second-order valence-corrected chi connectivity index (χ2v) is 5.83. The number of aliphatic hydroxyl groups excluding tert-OH is 1. The van der Waals surface area contributed by atoms with Crippen molar-refractivity contribution >= 4 is 17.3 Å². The first-order valence-corrected chi connectivity index (χ1v) is 7.64. The lowest BCUT2D eigenvalue weighted by Gasteiger charge is -2.29. The Kier molecular flexibility index (Phi) is 5.43. The molecule has 1 heterocycles. The van der Waals surface area contributed by atoms with Crippen LogP contribution in [0.15, 0.2) is 11.0 Å². The average molecular weight is 300 g/mol. The monoisotopic (exact) mass is 299 g/mol. The van der Waals surface area contributed by atoms with Gasteiger partial charge in [-0.25, -0.2) is 4.68 Å². The highest BCUT2D eigenvalue weighted by Gasteiger charge is 2.21. The molecule has 0 amide bonds. The third kappa shape index (κ3) is 3.52. The number of anilines is 1. The van der Waals surface area contributed by atoms with Crippen LogP contribution in [0.4, 0.5) is 5.69 Å². The first-order chi connectivity index (χ1) is 9.63. The number of aliphatic hydroxyl groups is 1. The van der Waals surface area contributed by atoms with E-state index in [0.717, 1.165) is 0 Å². The molecule has 20 heavy (non-hydrogen) atoms. The first kappa shape index (κ1) is 15.3. The Morgan fingerprint density at radius 1 is 1.50 bits per heavy atom. The Balaban J connectivity index is 2.09. The molecule has 1 aromatic rings. The van der Waals surface area contributed by atoms with Crippen LogP contribution in [0, 0.1) is 5.92 Å². The standard InChI is InChI=1S/C14H22ClN3O2/c1-10(11-5-3-2-4-6-11)17-12-9-16-18(7-8-19)14(20)13(12)15/h9-11,17,19H,2-8H2,1H3. The summed E-state index contributed by atoms with van der Waals surface area (Å²) in [5.41, 5.74) is 0.227. The van der Waals surface area contributed by atoms with Gasteiger partial charge in [0.15, 0.2) is 0 Å². The van der Waals surface area contributed by atoms with E-state index in [9.17, 15) is 4.79 Å². The van der Waals surface area contributed by atoms with Crippen LogP contribution >= 0.6 is 11.6 Å². The summed E-state index contributed by atoms with van der Waals surface area (Å²) in [6.45, 7) is 2.16. The molecule has 1 aliphatic rings. The van der Waals surface area contributed by atoms with Crippen molar-refractivity contribution in [3.8, 4) is 0 Å². The molecule has 6 heteroatoms. The van der Waals surface area contributed by atoms with Crippen LogP contribution in [0.1, 0.15) is 39.0 Å². The number of aromatic nitrogens is 2. The molecular weight excluding hydrogens is 278 g/mol. The molecule has 2 N–H and O–H groups in total. The van der Waals surface area contributed by atoms with Gasteiger partial charge in [-0.05, 0) is 25.7 Å². The van der Waals surface area contributed by atoms with E-state index in [1.165, 1.54) is 36.8 Å². The number of rotatable bonds is 5. The Labute approximate surface area is 124 Å². The third-order valence-electron chi connectivity index (χ3n) is 4.04. The van der Waals surface area contributed by atoms with Gasteiger partial charge in [-0.3, -0.25) is 4.79 Å². The van der Waals surface area contributed by atoms with Gasteiger partial charge in [0.2, 0.25) is 0 Å². The quantitative estimate of drug-likeness (QED) is 0.875. The number of hydrogen-bond donors (Lipinski definition) is 2. The maximum Gasteiger partial charge on any atom is 0.287 e. The van der Waals surface area contributed by atoms with Crippen LogP contribution in [0.3, 0.4) is 0 Å². The Morgan fingerprint density at radius 3 is 2.85 bits per heavy atom. The summed E-state index contributed by atoms with van der Waals surface area (Å²) in [7, 11) is 0. The van der Waals surface area contributed by atoms with Gasteiger partial charge in [0.1, 0.15) is 5.02 Å². The van der Waals surface area contributed by atoms with Crippen molar-refractivity contribution < 1.29 is 5.11 Å². The van der Waals surface area contributed by atoms with Gasteiger partial charge >= 0.3 is 0 Å². The molecular formula is C14H22ClN3O2. The summed E-state index contributed by atoms with van der Waals surface area (Å²) in [6, 6.07) is 0.280. The van der Waals surface area contributed by atoms with Gasteiger partial charge < -0.3 is 10.4 Å². The van der Waals surface area contributed by atoms with E-state index in [4.69, 9.17) is 16.7 Å². The summed E-state index contributed by atoms with van der Waals surface area (Å²) >= 11 is 6.10. The molecule has 1 aromatic heterocycles. The number of hydrogen-bond acceptors (Lipinski definition) is 4. The smallest absolute Gasteiger partial charge is 0.287 e. The lowest BCUT2D eigenvalue weighted by atomic mass is 9.84. The van der Waals surface area contributed by atoms with Crippen molar-refractivity contribution in [1.29, 1.82) is 0 Å². The van der Waals surface area contributed by atoms with E-state index in [0.29, 0.717) is 11.6 Å². The minimum Gasteiger partial charge on any atom is -0.394 e. The van der Waals surface area contributed by atoms with Gasteiger partial charge in [-0.1, -0.05) is 30.9 Å². The minimum atomic E-state index is -0.360. The molecule has 0 aromatic carbocycles. The highest BCUT2D eigenvalue weighted by molar-refractivity contribution is 6.32.